The molecule has 4 nitrogen and oxygen atoms in total. The van der Waals surface area contributed by atoms with Crippen LogP contribution >= 0.6 is 22.9 Å². The highest BCUT2D eigenvalue weighted by atomic mass is 35.5. The summed E-state index contributed by atoms with van der Waals surface area (Å²) in [5.74, 6) is 0.747. The zero-order valence-electron chi connectivity index (χ0n) is 12.3. The van der Waals surface area contributed by atoms with E-state index in [2.05, 4.69) is 22.4 Å². The molecule has 2 aromatic rings. The number of nitrogens with one attached hydrogen (secondary N) is 1. The number of halogens is 1. The van der Waals surface area contributed by atoms with E-state index in [1.807, 2.05) is 25.1 Å². The van der Waals surface area contributed by atoms with Gasteiger partial charge in [-0.3, -0.25) is 0 Å². The Kier molecular flexibility index (Phi) is 6.42. The lowest BCUT2D eigenvalue weighted by Crippen LogP contribution is -2.17. The van der Waals surface area contributed by atoms with Gasteiger partial charge in [0.05, 0.1) is 0 Å². The molecule has 0 amide bonds. The molecule has 1 aromatic heterocycles. The number of hydrogen-bond donors (Lipinski definition) is 1. The number of aromatic nitrogens is 2. The molecule has 0 aliphatic carbocycles. The molecular formula is C15H20ClN3OS. The van der Waals surface area contributed by atoms with Crippen molar-refractivity contribution in [3.8, 4) is 5.75 Å². The van der Waals surface area contributed by atoms with Crippen molar-refractivity contribution >= 4 is 22.9 Å². The number of hydrogen-bond acceptors (Lipinski definition) is 5. The molecule has 1 N–H and O–H groups in total. The Morgan fingerprint density at radius 2 is 2.19 bits per heavy atom. The van der Waals surface area contributed by atoms with Crippen LogP contribution in [-0.2, 0) is 6.42 Å². The van der Waals surface area contributed by atoms with Crippen LogP contribution in [0.5, 0.6) is 5.75 Å². The lowest BCUT2D eigenvalue weighted by atomic mass is 10.3. The van der Waals surface area contributed by atoms with E-state index < -0.39 is 0 Å². The third kappa shape index (κ3) is 5.26. The normalized spacial score (nSPS) is 12.3. The average Bonchev–Trinajstić information content (AvgIpc) is 2.93. The van der Waals surface area contributed by atoms with Gasteiger partial charge in [0.2, 0.25) is 0 Å². The standard InChI is InChI=1S/C15H20ClN3OS/c1-3-8-17-9-7-14-18-19-15(21-14)11(2)20-13-6-4-5-12(16)10-13/h4-6,10-11,17H,3,7-9H2,1-2H3. The van der Waals surface area contributed by atoms with Crippen molar-refractivity contribution in [3.05, 3.63) is 39.3 Å². The van der Waals surface area contributed by atoms with Crippen molar-refractivity contribution in [1.29, 1.82) is 0 Å². The zero-order valence-corrected chi connectivity index (χ0v) is 13.9. The molecule has 21 heavy (non-hydrogen) atoms. The highest BCUT2D eigenvalue weighted by molar-refractivity contribution is 7.11. The fourth-order valence-corrected chi connectivity index (χ4v) is 2.83. The van der Waals surface area contributed by atoms with Crippen LogP contribution < -0.4 is 10.1 Å². The molecule has 0 fully saturated rings. The third-order valence-corrected chi connectivity index (χ3v) is 4.26. The van der Waals surface area contributed by atoms with Gasteiger partial charge in [-0.15, -0.1) is 10.2 Å². The first-order chi connectivity index (χ1) is 10.2. The number of benzene rings is 1. The van der Waals surface area contributed by atoms with Crippen molar-refractivity contribution in [2.75, 3.05) is 13.1 Å². The Balaban J connectivity index is 1.88. The molecular weight excluding hydrogens is 306 g/mol. The number of rotatable bonds is 8. The first-order valence-electron chi connectivity index (χ1n) is 7.14. The topological polar surface area (TPSA) is 47.0 Å². The number of nitrogens with zero attached hydrogens (tertiary/aromatic N) is 2. The molecule has 1 aromatic carbocycles. The lowest BCUT2D eigenvalue weighted by Gasteiger charge is -2.11. The van der Waals surface area contributed by atoms with E-state index in [9.17, 15) is 0 Å². The van der Waals surface area contributed by atoms with Crippen LogP contribution in [-0.4, -0.2) is 23.3 Å². The van der Waals surface area contributed by atoms with Crippen molar-refractivity contribution < 1.29 is 4.74 Å². The average molecular weight is 326 g/mol. The second kappa shape index (κ2) is 8.32. The van der Waals surface area contributed by atoms with Crippen LogP contribution in [0.2, 0.25) is 5.02 Å². The molecule has 0 bridgehead atoms. The van der Waals surface area contributed by atoms with Crippen LogP contribution in [0.25, 0.3) is 0 Å². The van der Waals surface area contributed by atoms with Crippen LogP contribution in [0.15, 0.2) is 24.3 Å². The van der Waals surface area contributed by atoms with Crippen LogP contribution in [0, 0.1) is 0 Å². The molecule has 1 heterocycles. The molecule has 0 aliphatic heterocycles. The Bertz CT molecular complexity index is 561. The predicted molar refractivity (Wildman–Crippen MR) is 87.3 cm³/mol. The second-order valence-corrected chi connectivity index (χ2v) is 6.28. The van der Waals surface area contributed by atoms with E-state index in [0.29, 0.717) is 5.02 Å². The first-order valence-corrected chi connectivity index (χ1v) is 8.33. The highest BCUT2D eigenvalue weighted by Gasteiger charge is 2.13. The molecule has 114 valence electrons. The summed E-state index contributed by atoms with van der Waals surface area (Å²) in [5.41, 5.74) is 0. The lowest BCUT2D eigenvalue weighted by molar-refractivity contribution is 0.225. The van der Waals surface area contributed by atoms with Gasteiger partial charge in [0.15, 0.2) is 5.01 Å². The predicted octanol–water partition coefficient (Wildman–Crippen LogP) is 3.87. The minimum absolute atomic E-state index is 0.127. The van der Waals surface area contributed by atoms with Crippen LogP contribution in [0.4, 0.5) is 0 Å². The van der Waals surface area contributed by atoms with Gasteiger partial charge in [-0.25, -0.2) is 0 Å². The largest absolute Gasteiger partial charge is 0.483 e. The summed E-state index contributed by atoms with van der Waals surface area (Å²) in [6, 6.07) is 7.38. The molecule has 1 unspecified atom stereocenters. The van der Waals surface area contributed by atoms with Gasteiger partial charge in [0, 0.05) is 18.0 Å². The van der Waals surface area contributed by atoms with E-state index in [-0.39, 0.29) is 6.10 Å². The fraction of sp³-hybridized carbons (Fsp3) is 0.467. The van der Waals surface area contributed by atoms with Crippen molar-refractivity contribution in [3.63, 3.8) is 0 Å². The molecule has 6 heteroatoms. The maximum absolute atomic E-state index is 5.95. The first kappa shape index (κ1) is 16.2. The summed E-state index contributed by atoms with van der Waals surface area (Å²) >= 11 is 7.55. The van der Waals surface area contributed by atoms with Crippen LogP contribution in [0.1, 0.15) is 36.4 Å². The Morgan fingerprint density at radius 3 is 2.95 bits per heavy atom. The fourth-order valence-electron chi connectivity index (χ4n) is 1.82. The van der Waals surface area contributed by atoms with E-state index in [0.717, 1.165) is 41.7 Å². The van der Waals surface area contributed by atoms with Gasteiger partial charge < -0.3 is 10.1 Å². The summed E-state index contributed by atoms with van der Waals surface area (Å²) in [6.45, 7) is 6.11. The summed E-state index contributed by atoms with van der Waals surface area (Å²) in [4.78, 5) is 0. The molecule has 0 saturated heterocycles. The Hall–Kier alpha value is -1.17. The molecule has 0 radical (unpaired) electrons. The monoisotopic (exact) mass is 325 g/mol. The minimum Gasteiger partial charge on any atom is -0.483 e. The maximum Gasteiger partial charge on any atom is 0.157 e. The molecule has 0 saturated carbocycles. The van der Waals surface area contributed by atoms with E-state index in [1.165, 1.54) is 0 Å². The van der Waals surface area contributed by atoms with E-state index in [4.69, 9.17) is 16.3 Å². The number of ether oxygens (including phenoxy) is 1. The van der Waals surface area contributed by atoms with Crippen molar-refractivity contribution in [1.82, 2.24) is 15.5 Å². The van der Waals surface area contributed by atoms with Gasteiger partial charge in [0.25, 0.3) is 0 Å². The molecule has 1 atom stereocenters. The van der Waals surface area contributed by atoms with Crippen LogP contribution in [0.3, 0.4) is 0 Å². The molecule has 0 spiro atoms. The van der Waals surface area contributed by atoms with Gasteiger partial charge >= 0.3 is 0 Å². The Morgan fingerprint density at radius 1 is 1.33 bits per heavy atom. The van der Waals surface area contributed by atoms with Crippen molar-refractivity contribution in [2.45, 2.75) is 32.8 Å². The van der Waals surface area contributed by atoms with E-state index >= 15 is 0 Å². The third-order valence-electron chi connectivity index (χ3n) is 2.88. The van der Waals surface area contributed by atoms with E-state index in [1.54, 1.807) is 17.4 Å². The maximum atomic E-state index is 5.95. The minimum atomic E-state index is -0.127. The summed E-state index contributed by atoms with van der Waals surface area (Å²) in [5, 5.41) is 14.4. The summed E-state index contributed by atoms with van der Waals surface area (Å²) in [6.07, 6.45) is 1.92. The smallest absolute Gasteiger partial charge is 0.157 e. The van der Waals surface area contributed by atoms with Gasteiger partial charge in [-0.1, -0.05) is 35.9 Å². The molecule has 0 aliphatic rings. The summed E-state index contributed by atoms with van der Waals surface area (Å²) in [7, 11) is 0. The van der Waals surface area contributed by atoms with Gasteiger partial charge in [0.1, 0.15) is 16.9 Å². The second-order valence-electron chi connectivity index (χ2n) is 4.75. The molecule has 2 rings (SSSR count). The van der Waals surface area contributed by atoms with Gasteiger partial charge in [-0.2, -0.15) is 0 Å². The van der Waals surface area contributed by atoms with Crippen molar-refractivity contribution in [2.24, 2.45) is 0 Å². The summed E-state index contributed by atoms with van der Waals surface area (Å²) < 4.78 is 5.85. The Labute approximate surface area is 134 Å². The zero-order chi connectivity index (χ0) is 15.1. The SMILES string of the molecule is CCCNCCc1nnc(C(C)Oc2cccc(Cl)c2)s1. The highest BCUT2D eigenvalue weighted by Crippen LogP contribution is 2.26. The van der Waals surface area contributed by atoms with Gasteiger partial charge in [-0.05, 0) is 38.1 Å². The quantitative estimate of drug-likeness (QED) is 0.748.